The van der Waals surface area contributed by atoms with Crippen LogP contribution in [0.5, 0.6) is 0 Å². The van der Waals surface area contributed by atoms with Gasteiger partial charge in [-0.1, -0.05) is 12.1 Å². The first kappa shape index (κ1) is 17.7. The number of nitrogens with zero attached hydrogens (tertiary/aromatic N) is 5. The van der Waals surface area contributed by atoms with E-state index in [0.717, 1.165) is 23.4 Å². The van der Waals surface area contributed by atoms with Crippen molar-refractivity contribution in [3.8, 4) is 0 Å². The third-order valence-electron chi connectivity index (χ3n) is 5.03. The van der Waals surface area contributed by atoms with Crippen LogP contribution in [0.15, 0.2) is 83.1 Å². The number of rotatable bonds is 4. The molecule has 1 aliphatic rings. The molecule has 4 aromatic rings. The molecule has 2 aromatic carbocycles. The highest BCUT2D eigenvalue weighted by atomic mass is 32.2. The van der Waals surface area contributed by atoms with Crippen LogP contribution in [0.3, 0.4) is 0 Å². The number of aryl methyl sites for hydroxylation is 1. The molecule has 0 amide bonds. The number of fused-ring (bicyclic) bond motifs is 2. The van der Waals surface area contributed by atoms with Crippen molar-refractivity contribution in [2.75, 3.05) is 4.90 Å². The average molecular weight is 405 g/mol. The summed E-state index contributed by atoms with van der Waals surface area (Å²) < 4.78 is 29.8. The summed E-state index contributed by atoms with van der Waals surface area (Å²) in [5, 5.41) is 5.22. The second-order valence-electron chi connectivity index (χ2n) is 7.06. The van der Waals surface area contributed by atoms with Crippen molar-refractivity contribution in [3.05, 3.63) is 78.9 Å². The Balaban J connectivity index is 1.41. The molecule has 146 valence electrons. The zero-order valence-electron chi connectivity index (χ0n) is 15.8. The smallest absolute Gasteiger partial charge is 0.210 e. The van der Waals surface area contributed by atoms with Crippen LogP contribution in [-0.2, 0) is 30.0 Å². The molecule has 0 bridgehead atoms. The van der Waals surface area contributed by atoms with E-state index in [0.29, 0.717) is 12.1 Å². The fraction of sp³-hybridized carbons (Fsp3) is 0.143. The summed E-state index contributed by atoms with van der Waals surface area (Å²) in [5.41, 5.74) is 1.67. The van der Waals surface area contributed by atoms with E-state index in [1.54, 1.807) is 41.2 Å². The lowest BCUT2D eigenvalue weighted by Gasteiger charge is -2.24. The first-order valence-corrected chi connectivity index (χ1v) is 10.7. The largest absolute Gasteiger partial charge is 0.314 e. The van der Waals surface area contributed by atoms with E-state index in [1.165, 1.54) is 0 Å². The van der Waals surface area contributed by atoms with Gasteiger partial charge in [-0.25, -0.2) is 13.4 Å². The number of aromatic nitrogens is 4. The van der Waals surface area contributed by atoms with Crippen molar-refractivity contribution in [2.24, 2.45) is 7.05 Å². The third kappa shape index (κ3) is 3.11. The summed E-state index contributed by atoms with van der Waals surface area (Å²) in [5.74, 6) is 0.882. The molecule has 0 fully saturated rings. The second-order valence-corrected chi connectivity index (χ2v) is 9.01. The fourth-order valence-electron chi connectivity index (χ4n) is 3.57. The molecule has 0 saturated heterocycles. The first-order valence-electron chi connectivity index (χ1n) is 9.23. The van der Waals surface area contributed by atoms with Crippen LogP contribution in [0.4, 0.5) is 5.95 Å². The molecular formula is C21H19N5O2S. The van der Waals surface area contributed by atoms with Gasteiger partial charge in [-0.05, 0) is 42.0 Å². The summed E-state index contributed by atoms with van der Waals surface area (Å²) in [6, 6.07) is 12.1. The van der Waals surface area contributed by atoms with Crippen molar-refractivity contribution in [3.63, 3.8) is 0 Å². The molecule has 0 spiro atoms. The van der Waals surface area contributed by atoms with Gasteiger partial charge in [0.2, 0.25) is 15.8 Å². The zero-order chi connectivity index (χ0) is 20.0. The van der Waals surface area contributed by atoms with E-state index in [9.17, 15) is 8.42 Å². The SMILES string of the molecule is Cn1cc2ccc(S(=O)(=O)c3ccc(CN4C=CCn5ccnc54)cc3)cc2n1. The van der Waals surface area contributed by atoms with Gasteiger partial charge in [0.05, 0.1) is 21.9 Å². The number of imidazole rings is 1. The Kier molecular flexibility index (Phi) is 4.02. The van der Waals surface area contributed by atoms with Gasteiger partial charge in [-0.15, -0.1) is 0 Å². The average Bonchev–Trinajstić information content (AvgIpc) is 3.33. The van der Waals surface area contributed by atoms with E-state index in [2.05, 4.69) is 20.7 Å². The van der Waals surface area contributed by atoms with Crippen molar-refractivity contribution in [2.45, 2.75) is 22.9 Å². The van der Waals surface area contributed by atoms with Crippen LogP contribution in [0.25, 0.3) is 10.9 Å². The van der Waals surface area contributed by atoms with Crippen molar-refractivity contribution in [1.29, 1.82) is 0 Å². The maximum Gasteiger partial charge on any atom is 0.210 e. The highest BCUT2D eigenvalue weighted by Gasteiger charge is 2.19. The van der Waals surface area contributed by atoms with Crippen molar-refractivity contribution < 1.29 is 8.42 Å². The Morgan fingerprint density at radius 3 is 2.69 bits per heavy atom. The fourth-order valence-corrected chi connectivity index (χ4v) is 4.85. The number of hydrogen-bond donors (Lipinski definition) is 0. The number of benzene rings is 2. The van der Waals surface area contributed by atoms with Crippen LogP contribution in [0.2, 0.25) is 0 Å². The normalized spacial score (nSPS) is 13.8. The Bertz CT molecular complexity index is 1330. The summed E-state index contributed by atoms with van der Waals surface area (Å²) in [6.07, 6.45) is 9.67. The van der Waals surface area contributed by atoms with Gasteiger partial charge in [0.25, 0.3) is 0 Å². The van der Waals surface area contributed by atoms with Crippen LogP contribution in [-0.4, -0.2) is 27.7 Å². The van der Waals surface area contributed by atoms with Crippen LogP contribution in [0.1, 0.15) is 5.56 Å². The number of anilines is 1. The monoisotopic (exact) mass is 405 g/mol. The van der Waals surface area contributed by atoms with E-state index in [4.69, 9.17) is 0 Å². The maximum atomic E-state index is 13.0. The first-order chi connectivity index (χ1) is 14.0. The molecule has 3 heterocycles. The predicted octanol–water partition coefficient (Wildman–Crippen LogP) is 3.14. The lowest BCUT2D eigenvalue weighted by Crippen LogP contribution is -2.22. The van der Waals surface area contributed by atoms with Gasteiger partial charge in [-0.2, -0.15) is 5.10 Å². The third-order valence-corrected chi connectivity index (χ3v) is 6.80. The number of sulfone groups is 1. The van der Waals surface area contributed by atoms with Crippen molar-refractivity contribution in [1.82, 2.24) is 19.3 Å². The highest BCUT2D eigenvalue weighted by Crippen LogP contribution is 2.25. The van der Waals surface area contributed by atoms with Gasteiger partial charge in [0.15, 0.2) is 0 Å². The molecular weight excluding hydrogens is 386 g/mol. The molecule has 1 aliphatic heterocycles. The highest BCUT2D eigenvalue weighted by molar-refractivity contribution is 7.91. The summed E-state index contributed by atoms with van der Waals surface area (Å²) in [7, 11) is -1.79. The summed E-state index contributed by atoms with van der Waals surface area (Å²) in [4.78, 5) is 6.95. The summed E-state index contributed by atoms with van der Waals surface area (Å²) in [6.45, 7) is 1.43. The maximum absolute atomic E-state index is 13.0. The molecule has 29 heavy (non-hydrogen) atoms. The van der Waals surface area contributed by atoms with Crippen LogP contribution < -0.4 is 4.90 Å². The van der Waals surface area contributed by atoms with Gasteiger partial charge >= 0.3 is 0 Å². The van der Waals surface area contributed by atoms with Gasteiger partial charge in [-0.3, -0.25) is 4.68 Å². The number of allylic oxidation sites excluding steroid dienone is 1. The molecule has 0 aliphatic carbocycles. The van der Waals surface area contributed by atoms with E-state index in [-0.39, 0.29) is 9.79 Å². The number of hydrogen-bond acceptors (Lipinski definition) is 5. The quantitative estimate of drug-likeness (QED) is 0.522. The molecule has 0 radical (unpaired) electrons. The Labute approximate surface area is 168 Å². The van der Waals surface area contributed by atoms with E-state index in [1.807, 2.05) is 42.7 Å². The van der Waals surface area contributed by atoms with Crippen molar-refractivity contribution >= 4 is 26.7 Å². The van der Waals surface area contributed by atoms with Gasteiger partial charge in [0.1, 0.15) is 0 Å². The molecule has 0 unspecified atom stereocenters. The minimum Gasteiger partial charge on any atom is -0.314 e. The molecule has 2 aromatic heterocycles. The molecule has 0 atom stereocenters. The standard InChI is InChI=1S/C21H19N5O2S/c1-24-15-17-5-8-19(13-20(17)23-24)29(27,28)18-6-3-16(4-7-18)14-26-11-2-10-25-12-9-22-21(25)26/h2-9,11-13,15H,10,14H2,1H3. The Morgan fingerprint density at radius 1 is 1.07 bits per heavy atom. The molecule has 0 N–H and O–H groups in total. The lowest BCUT2D eigenvalue weighted by molar-refractivity contribution is 0.596. The predicted molar refractivity (Wildman–Crippen MR) is 110 cm³/mol. The van der Waals surface area contributed by atoms with Crippen LogP contribution >= 0.6 is 0 Å². The topological polar surface area (TPSA) is 73.0 Å². The zero-order valence-corrected chi connectivity index (χ0v) is 16.6. The lowest BCUT2D eigenvalue weighted by atomic mass is 10.2. The molecule has 5 rings (SSSR count). The van der Waals surface area contributed by atoms with Gasteiger partial charge in [0, 0.05) is 43.8 Å². The molecule has 0 saturated carbocycles. The second kappa shape index (κ2) is 6.59. The van der Waals surface area contributed by atoms with E-state index >= 15 is 0 Å². The minimum atomic E-state index is -3.60. The van der Waals surface area contributed by atoms with E-state index < -0.39 is 9.84 Å². The minimum absolute atomic E-state index is 0.248. The molecule has 8 heteroatoms. The Morgan fingerprint density at radius 2 is 1.86 bits per heavy atom. The Hall–Kier alpha value is -3.39. The molecule has 7 nitrogen and oxygen atoms in total. The van der Waals surface area contributed by atoms with Gasteiger partial charge < -0.3 is 9.47 Å². The summed E-state index contributed by atoms with van der Waals surface area (Å²) >= 11 is 0. The van der Waals surface area contributed by atoms with Crippen LogP contribution in [0, 0.1) is 0 Å².